The molecule has 26 heavy (non-hydrogen) atoms. The van der Waals surface area contributed by atoms with Crippen molar-refractivity contribution in [1.29, 1.82) is 0 Å². The molecule has 0 heterocycles. The van der Waals surface area contributed by atoms with E-state index in [0.717, 1.165) is 6.42 Å². The Bertz CT molecular complexity index is 796. The van der Waals surface area contributed by atoms with Crippen molar-refractivity contribution in [1.82, 2.24) is 5.32 Å². The third-order valence-electron chi connectivity index (χ3n) is 3.79. The third kappa shape index (κ3) is 5.64. The summed E-state index contributed by atoms with van der Waals surface area (Å²) in [5.74, 6) is -0.415. The van der Waals surface area contributed by atoms with Crippen molar-refractivity contribution in [3.8, 4) is 0 Å². The van der Waals surface area contributed by atoms with Crippen molar-refractivity contribution in [3.05, 3.63) is 58.1 Å². The minimum Gasteiger partial charge on any atom is -0.376 e. The molecule has 2 rings (SSSR count). The van der Waals surface area contributed by atoms with Crippen LogP contribution in [0.4, 0.5) is 11.4 Å². The lowest BCUT2D eigenvalue weighted by Crippen LogP contribution is -2.31. The number of rotatable bonds is 7. The van der Waals surface area contributed by atoms with E-state index in [0.29, 0.717) is 27.0 Å². The largest absolute Gasteiger partial charge is 0.376 e. The van der Waals surface area contributed by atoms with E-state index in [-0.39, 0.29) is 24.4 Å². The van der Waals surface area contributed by atoms with Crippen LogP contribution >= 0.6 is 23.2 Å². The van der Waals surface area contributed by atoms with E-state index >= 15 is 0 Å². The predicted octanol–water partition coefficient (Wildman–Crippen LogP) is 4.57. The molecule has 0 saturated carbocycles. The van der Waals surface area contributed by atoms with Crippen molar-refractivity contribution < 1.29 is 9.59 Å². The van der Waals surface area contributed by atoms with Crippen molar-refractivity contribution in [2.75, 3.05) is 17.2 Å². The van der Waals surface area contributed by atoms with Crippen molar-refractivity contribution in [3.63, 3.8) is 0 Å². The van der Waals surface area contributed by atoms with Gasteiger partial charge in [-0.2, -0.15) is 0 Å². The summed E-state index contributed by atoms with van der Waals surface area (Å²) >= 11 is 12.0. The lowest BCUT2D eigenvalue weighted by Gasteiger charge is -2.13. The van der Waals surface area contributed by atoms with Crippen LogP contribution in [0.5, 0.6) is 0 Å². The first-order valence-corrected chi connectivity index (χ1v) is 9.05. The Morgan fingerprint density at radius 1 is 1.12 bits per heavy atom. The summed E-state index contributed by atoms with van der Waals surface area (Å²) in [6.45, 7) is 3.98. The average Bonchev–Trinajstić information content (AvgIpc) is 2.64. The predicted molar refractivity (Wildman–Crippen MR) is 107 cm³/mol. The van der Waals surface area contributed by atoms with Crippen LogP contribution in [0.2, 0.25) is 10.0 Å². The van der Waals surface area contributed by atoms with Gasteiger partial charge in [0.2, 0.25) is 5.91 Å². The second kappa shape index (κ2) is 9.46. The standard InChI is InChI=1S/C19H21Cl2N3O2/c1-3-12(2)23-19(26)13-6-4-7-14(10-13)22-11-17(25)24-16-9-5-8-15(20)18(16)21/h4-10,12,22H,3,11H2,1-2H3,(H,23,26)(H,24,25). The number of halogens is 2. The van der Waals surface area contributed by atoms with Gasteiger partial charge in [-0.05, 0) is 43.7 Å². The third-order valence-corrected chi connectivity index (χ3v) is 4.61. The zero-order valence-electron chi connectivity index (χ0n) is 14.6. The maximum atomic E-state index is 12.2. The Kier molecular flexibility index (Phi) is 7.30. The molecular formula is C19H21Cl2N3O2. The van der Waals surface area contributed by atoms with Gasteiger partial charge in [-0.15, -0.1) is 0 Å². The van der Waals surface area contributed by atoms with Crippen molar-refractivity contribution in [2.24, 2.45) is 0 Å². The quantitative estimate of drug-likeness (QED) is 0.644. The smallest absolute Gasteiger partial charge is 0.251 e. The monoisotopic (exact) mass is 393 g/mol. The Labute approximate surface area is 163 Å². The van der Waals surface area contributed by atoms with Crippen LogP contribution < -0.4 is 16.0 Å². The SMILES string of the molecule is CCC(C)NC(=O)c1cccc(NCC(=O)Nc2cccc(Cl)c2Cl)c1. The number of benzene rings is 2. The second-order valence-corrected chi connectivity index (χ2v) is 6.65. The van der Waals surface area contributed by atoms with E-state index in [1.54, 1.807) is 42.5 Å². The van der Waals surface area contributed by atoms with E-state index in [1.807, 2.05) is 13.8 Å². The molecule has 0 aliphatic heterocycles. The van der Waals surface area contributed by atoms with Gasteiger partial charge in [0.05, 0.1) is 22.3 Å². The molecule has 2 aromatic rings. The van der Waals surface area contributed by atoms with Crippen LogP contribution in [-0.2, 0) is 4.79 Å². The molecule has 0 fully saturated rings. The first-order valence-electron chi connectivity index (χ1n) is 8.29. The van der Waals surface area contributed by atoms with Crippen LogP contribution in [-0.4, -0.2) is 24.4 Å². The number of nitrogens with one attached hydrogen (secondary N) is 3. The van der Waals surface area contributed by atoms with E-state index in [9.17, 15) is 9.59 Å². The summed E-state index contributed by atoms with van der Waals surface area (Å²) in [6, 6.07) is 12.1. The van der Waals surface area contributed by atoms with Crippen LogP contribution in [0.1, 0.15) is 30.6 Å². The number of carbonyl (C=O) groups excluding carboxylic acids is 2. The van der Waals surface area contributed by atoms with Gasteiger partial charge in [-0.3, -0.25) is 9.59 Å². The zero-order chi connectivity index (χ0) is 19.1. The average molecular weight is 394 g/mol. The number of amides is 2. The summed E-state index contributed by atoms with van der Waals surface area (Å²) in [5.41, 5.74) is 1.66. The van der Waals surface area contributed by atoms with Crippen LogP contribution in [0.25, 0.3) is 0 Å². The van der Waals surface area contributed by atoms with Crippen molar-refractivity contribution >= 4 is 46.4 Å². The fourth-order valence-electron chi connectivity index (χ4n) is 2.16. The molecular weight excluding hydrogens is 373 g/mol. The fourth-order valence-corrected chi connectivity index (χ4v) is 2.50. The van der Waals surface area contributed by atoms with E-state index in [4.69, 9.17) is 23.2 Å². The minimum atomic E-state index is -0.274. The highest BCUT2D eigenvalue weighted by molar-refractivity contribution is 6.44. The van der Waals surface area contributed by atoms with Gasteiger partial charge >= 0.3 is 0 Å². The van der Waals surface area contributed by atoms with E-state index in [1.165, 1.54) is 0 Å². The molecule has 0 aliphatic carbocycles. The van der Waals surface area contributed by atoms with Gasteiger partial charge < -0.3 is 16.0 Å². The highest BCUT2D eigenvalue weighted by atomic mass is 35.5. The molecule has 1 atom stereocenters. The van der Waals surface area contributed by atoms with Gasteiger partial charge in [0.1, 0.15) is 0 Å². The molecule has 0 saturated heterocycles. The first-order chi connectivity index (χ1) is 12.4. The molecule has 2 aromatic carbocycles. The molecule has 0 bridgehead atoms. The summed E-state index contributed by atoms with van der Waals surface area (Å²) in [4.78, 5) is 24.3. The van der Waals surface area contributed by atoms with Crippen molar-refractivity contribution in [2.45, 2.75) is 26.3 Å². The summed E-state index contributed by atoms with van der Waals surface area (Å²) < 4.78 is 0. The maximum Gasteiger partial charge on any atom is 0.251 e. The summed E-state index contributed by atoms with van der Waals surface area (Å²) in [7, 11) is 0. The summed E-state index contributed by atoms with van der Waals surface area (Å²) in [5, 5.41) is 9.27. The number of anilines is 2. The summed E-state index contributed by atoms with van der Waals surface area (Å²) in [6.07, 6.45) is 0.857. The van der Waals surface area contributed by atoms with Gasteiger partial charge in [-0.25, -0.2) is 0 Å². The van der Waals surface area contributed by atoms with Gasteiger partial charge in [-0.1, -0.05) is 42.3 Å². The highest BCUT2D eigenvalue weighted by Crippen LogP contribution is 2.29. The highest BCUT2D eigenvalue weighted by Gasteiger charge is 2.10. The molecule has 0 aliphatic rings. The molecule has 0 spiro atoms. The Balaban J connectivity index is 1.95. The Hall–Kier alpha value is -2.24. The first kappa shape index (κ1) is 20.1. The molecule has 0 aromatic heterocycles. The molecule has 1 unspecified atom stereocenters. The molecule has 2 amide bonds. The number of hydrogen-bond donors (Lipinski definition) is 3. The van der Waals surface area contributed by atoms with E-state index < -0.39 is 0 Å². The molecule has 7 heteroatoms. The molecule has 0 radical (unpaired) electrons. The van der Waals surface area contributed by atoms with Gasteiger partial charge in [0.15, 0.2) is 0 Å². The van der Waals surface area contributed by atoms with Crippen LogP contribution in [0.3, 0.4) is 0 Å². The maximum absolute atomic E-state index is 12.2. The lowest BCUT2D eigenvalue weighted by molar-refractivity contribution is -0.114. The van der Waals surface area contributed by atoms with E-state index in [2.05, 4.69) is 16.0 Å². The topological polar surface area (TPSA) is 70.2 Å². The number of carbonyl (C=O) groups is 2. The normalized spacial score (nSPS) is 11.5. The van der Waals surface area contributed by atoms with Gasteiger partial charge in [0.25, 0.3) is 5.91 Å². The lowest BCUT2D eigenvalue weighted by atomic mass is 10.1. The second-order valence-electron chi connectivity index (χ2n) is 5.87. The van der Waals surface area contributed by atoms with Crippen LogP contribution in [0, 0.1) is 0 Å². The minimum absolute atomic E-state index is 0.0271. The zero-order valence-corrected chi connectivity index (χ0v) is 16.1. The molecule has 138 valence electrons. The fraction of sp³-hybridized carbons (Fsp3) is 0.263. The van der Waals surface area contributed by atoms with Crippen LogP contribution in [0.15, 0.2) is 42.5 Å². The molecule has 3 N–H and O–H groups in total. The Morgan fingerprint density at radius 2 is 1.85 bits per heavy atom. The number of hydrogen-bond acceptors (Lipinski definition) is 3. The Morgan fingerprint density at radius 3 is 2.58 bits per heavy atom. The van der Waals surface area contributed by atoms with Gasteiger partial charge in [0, 0.05) is 17.3 Å². The molecule has 5 nitrogen and oxygen atoms in total.